The topological polar surface area (TPSA) is 15.3 Å². The van der Waals surface area contributed by atoms with Crippen LogP contribution in [0.2, 0.25) is 0 Å². The van der Waals surface area contributed by atoms with E-state index in [1.165, 1.54) is 0 Å². The lowest BCUT2D eigenvalue weighted by Gasteiger charge is -2.17. The van der Waals surface area contributed by atoms with Crippen molar-refractivity contribution in [1.82, 2.24) is 10.2 Å². The van der Waals surface area contributed by atoms with Crippen molar-refractivity contribution in [2.24, 2.45) is 0 Å². The Bertz CT molecular complexity index is 446. The molecule has 0 saturated heterocycles. The number of hydrogen-bond acceptors (Lipinski definition) is 2. The Labute approximate surface area is 120 Å². The molecule has 21 heavy (non-hydrogen) atoms. The molecule has 0 spiro atoms. The molecule has 0 saturated carbocycles. The first kappa shape index (κ1) is 17.8. The Balaban J connectivity index is 2.57. The minimum atomic E-state index is -2.13. The number of halogens is 5. The average molecular weight is 310 g/mol. The van der Waals surface area contributed by atoms with Gasteiger partial charge < -0.3 is 10.2 Å². The van der Waals surface area contributed by atoms with Gasteiger partial charge in [0.2, 0.25) is 5.82 Å². The van der Waals surface area contributed by atoms with Gasteiger partial charge >= 0.3 is 0 Å². The first-order valence-corrected chi connectivity index (χ1v) is 6.87. The third-order valence-corrected chi connectivity index (χ3v) is 3.32. The van der Waals surface area contributed by atoms with Crippen molar-refractivity contribution in [2.75, 3.05) is 26.2 Å². The molecule has 0 unspecified atom stereocenters. The second kappa shape index (κ2) is 8.29. The summed E-state index contributed by atoms with van der Waals surface area (Å²) in [6.07, 6.45) is 0.719. The summed E-state index contributed by atoms with van der Waals surface area (Å²) in [5, 5.41) is 2.70. The van der Waals surface area contributed by atoms with E-state index in [0.29, 0.717) is 6.54 Å². The second-order valence-corrected chi connectivity index (χ2v) is 4.61. The van der Waals surface area contributed by atoms with Crippen LogP contribution in [0.25, 0.3) is 0 Å². The first-order chi connectivity index (χ1) is 9.93. The molecule has 0 aliphatic rings. The molecule has 1 aromatic rings. The fraction of sp³-hybridized carbons (Fsp3) is 0.571. The largest absolute Gasteiger partial charge is 0.312 e. The van der Waals surface area contributed by atoms with Crippen LogP contribution in [-0.2, 0) is 6.54 Å². The predicted molar refractivity (Wildman–Crippen MR) is 70.3 cm³/mol. The molecule has 1 aromatic carbocycles. The van der Waals surface area contributed by atoms with Crippen LogP contribution in [0, 0.1) is 29.1 Å². The van der Waals surface area contributed by atoms with Gasteiger partial charge in [0.1, 0.15) is 0 Å². The maximum absolute atomic E-state index is 13.4. The van der Waals surface area contributed by atoms with E-state index in [2.05, 4.69) is 10.2 Å². The molecule has 0 aliphatic heterocycles. The summed E-state index contributed by atoms with van der Waals surface area (Å²) in [6.45, 7) is 6.66. The molecule has 2 nitrogen and oxygen atoms in total. The highest BCUT2D eigenvalue weighted by molar-refractivity contribution is 5.23. The van der Waals surface area contributed by atoms with Crippen molar-refractivity contribution in [3.63, 3.8) is 0 Å². The van der Waals surface area contributed by atoms with Crippen LogP contribution in [-0.4, -0.2) is 31.1 Å². The molecule has 0 radical (unpaired) electrons. The lowest BCUT2D eigenvalue weighted by molar-refractivity contribution is 0.297. The van der Waals surface area contributed by atoms with Gasteiger partial charge in [-0.3, -0.25) is 0 Å². The zero-order chi connectivity index (χ0) is 16.0. The van der Waals surface area contributed by atoms with E-state index in [1.807, 2.05) is 13.8 Å². The fourth-order valence-electron chi connectivity index (χ4n) is 1.99. The summed E-state index contributed by atoms with van der Waals surface area (Å²) < 4.78 is 65.6. The zero-order valence-electron chi connectivity index (χ0n) is 12.1. The molecule has 0 heterocycles. The van der Waals surface area contributed by atoms with Crippen molar-refractivity contribution in [3.05, 3.63) is 34.6 Å². The van der Waals surface area contributed by atoms with Gasteiger partial charge in [-0.25, -0.2) is 22.0 Å². The van der Waals surface area contributed by atoms with Gasteiger partial charge in [-0.15, -0.1) is 0 Å². The number of nitrogens with zero attached hydrogens (tertiary/aromatic N) is 1. The molecule has 1 rings (SSSR count). The van der Waals surface area contributed by atoms with Crippen LogP contribution >= 0.6 is 0 Å². The third kappa shape index (κ3) is 4.38. The van der Waals surface area contributed by atoms with E-state index in [1.54, 1.807) is 0 Å². The van der Waals surface area contributed by atoms with Crippen molar-refractivity contribution in [2.45, 2.75) is 26.8 Å². The monoisotopic (exact) mass is 310 g/mol. The standard InChI is InChI=1S/C14H19F5N2/c1-3-21(4-2)7-5-6-20-8-9-10(15)12(17)14(19)13(18)11(9)16/h20H,3-8H2,1-2H3. The lowest BCUT2D eigenvalue weighted by atomic mass is 10.1. The number of nitrogens with one attached hydrogen (secondary N) is 1. The van der Waals surface area contributed by atoms with Gasteiger partial charge in [0, 0.05) is 12.1 Å². The fourth-order valence-corrected chi connectivity index (χ4v) is 1.99. The minimum absolute atomic E-state index is 0.399. The van der Waals surface area contributed by atoms with Crippen molar-refractivity contribution in [3.8, 4) is 0 Å². The quantitative estimate of drug-likeness (QED) is 0.343. The Morgan fingerprint density at radius 2 is 1.29 bits per heavy atom. The molecule has 1 N–H and O–H groups in total. The first-order valence-electron chi connectivity index (χ1n) is 6.87. The molecular formula is C14H19F5N2. The highest BCUT2D eigenvalue weighted by Crippen LogP contribution is 2.22. The maximum Gasteiger partial charge on any atom is 0.200 e. The van der Waals surface area contributed by atoms with Crippen LogP contribution in [0.15, 0.2) is 0 Å². The zero-order valence-corrected chi connectivity index (χ0v) is 12.1. The smallest absolute Gasteiger partial charge is 0.200 e. The summed E-state index contributed by atoms with van der Waals surface area (Å²) >= 11 is 0. The molecule has 0 aromatic heterocycles. The minimum Gasteiger partial charge on any atom is -0.312 e. The summed E-state index contributed by atoms with van der Waals surface area (Å²) in [5.74, 6) is -9.50. The van der Waals surface area contributed by atoms with E-state index < -0.39 is 41.2 Å². The van der Waals surface area contributed by atoms with Crippen LogP contribution in [0.4, 0.5) is 22.0 Å². The summed E-state index contributed by atoms with van der Waals surface area (Å²) in [6, 6.07) is 0. The van der Waals surface area contributed by atoms with Gasteiger partial charge in [-0.05, 0) is 32.6 Å². The van der Waals surface area contributed by atoms with Crippen LogP contribution in [0.5, 0.6) is 0 Å². The van der Waals surface area contributed by atoms with Crippen molar-refractivity contribution < 1.29 is 22.0 Å². The predicted octanol–water partition coefficient (Wildman–Crippen LogP) is 3.20. The Morgan fingerprint density at radius 3 is 1.76 bits per heavy atom. The Kier molecular flexibility index (Phi) is 7.04. The maximum atomic E-state index is 13.4. The highest BCUT2D eigenvalue weighted by Gasteiger charge is 2.25. The van der Waals surface area contributed by atoms with Crippen molar-refractivity contribution >= 4 is 0 Å². The number of rotatable bonds is 8. The van der Waals surface area contributed by atoms with E-state index >= 15 is 0 Å². The van der Waals surface area contributed by atoms with E-state index in [4.69, 9.17) is 0 Å². The van der Waals surface area contributed by atoms with Gasteiger partial charge in [0.25, 0.3) is 0 Å². The molecule has 0 fully saturated rings. The second-order valence-electron chi connectivity index (χ2n) is 4.61. The van der Waals surface area contributed by atoms with Crippen LogP contribution < -0.4 is 5.32 Å². The summed E-state index contributed by atoms with van der Waals surface area (Å²) in [7, 11) is 0. The van der Waals surface area contributed by atoms with E-state index in [0.717, 1.165) is 26.1 Å². The van der Waals surface area contributed by atoms with Gasteiger partial charge in [0.15, 0.2) is 23.3 Å². The van der Waals surface area contributed by atoms with E-state index in [-0.39, 0.29) is 0 Å². The molecule has 7 heteroatoms. The SMILES string of the molecule is CCN(CC)CCCNCc1c(F)c(F)c(F)c(F)c1F. The average Bonchev–Trinajstić information content (AvgIpc) is 2.50. The summed E-state index contributed by atoms with van der Waals surface area (Å²) in [4.78, 5) is 2.17. The van der Waals surface area contributed by atoms with E-state index in [9.17, 15) is 22.0 Å². The molecule has 0 amide bonds. The molecule has 0 aliphatic carbocycles. The highest BCUT2D eigenvalue weighted by atomic mass is 19.2. The lowest BCUT2D eigenvalue weighted by Crippen LogP contribution is -2.27. The molecule has 120 valence electrons. The molecule has 0 atom stereocenters. The third-order valence-electron chi connectivity index (χ3n) is 3.32. The van der Waals surface area contributed by atoms with Gasteiger partial charge in [0.05, 0.1) is 0 Å². The molecule has 0 bridgehead atoms. The van der Waals surface area contributed by atoms with Crippen LogP contribution in [0.1, 0.15) is 25.8 Å². The summed E-state index contributed by atoms with van der Waals surface area (Å²) in [5.41, 5.74) is -0.825. The Morgan fingerprint density at radius 1 is 0.810 bits per heavy atom. The molecular weight excluding hydrogens is 291 g/mol. The normalized spacial score (nSPS) is 11.4. The van der Waals surface area contributed by atoms with Crippen molar-refractivity contribution in [1.29, 1.82) is 0 Å². The Hall–Kier alpha value is -1.21. The number of benzene rings is 1. The number of hydrogen-bond donors (Lipinski definition) is 1. The van der Waals surface area contributed by atoms with Gasteiger partial charge in [-0.2, -0.15) is 0 Å². The van der Waals surface area contributed by atoms with Crippen LogP contribution in [0.3, 0.4) is 0 Å². The van der Waals surface area contributed by atoms with Gasteiger partial charge in [-0.1, -0.05) is 13.8 Å².